The predicted molar refractivity (Wildman–Crippen MR) is 86.0 cm³/mol. The second-order valence-corrected chi connectivity index (χ2v) is 5.98. The predicted octanol–water partition coefficient (Wildman–Crippen LogP) is 2.51. The molecule has 0 fully saturated rings. The van der Waals surface area contributed by atoms with E-state index in [1.165, 1.54) is 17.8 Å². The average molecular weight is 326 g/mol. The molecule has 7 heteroatoms. The van der Waals surface area contributed by atoms with Gasteiger partial charge in [0, 0.05) is 22.9 Å². The number of H-pyrrole nitrogens is 1. The average Bonchev–Trinajstić information content (AvgIpc) is 2.44. The molecule has 5 nitrogen and oxygen atoms in total. The Hall–Kier alpha value is -1.50. The summed E-state index contributed by atoms with van der Waals surface area (Å²) in [6.45, 7) is 1.78. The molecule has 2 rings (SSSR count). The molecular weight excluding hydrogens is 310 g/mol. The molecule has 1 heterocycles. The van der Waals surface area contributed by atoms with Crippen molar-refractivity contribution in [3.05, 3.63) is 51.3 Å². The number of nitrogens with zero attached hydrogens (tertiary/aromatic N) is 1. The van der Waals surface area contributed by atoms with Gasteiger partial charge in [-0.15, -0.1) is 0 Å². The largest absolute Gasteiger partial charge is 0.394 e. The molecule has 0 saturated carbocycles. The second-order valence-electron chi connectivity index (χ2n) is 4.58. The smallest absolute Gasteiger partial charge is 0.253 e. The Balaban J connectivity index is 2.07. The van der Waals surface area contributed by atoms with Crippen LogP contribution in [0.1, 0.15) is 12.5 Å². The lowest BCUT2D eigenvalue weighted by atomic mass is 10.2. The van der Waals surface area contributed by atoms with Crippen molar-refractivity contribution < 1.29 is 5.11 Å². The molecule has 0 aliphatic carbocycles. The summed E-state index contributed by atoms with van der Waals surface area (Å²) in [4.78, 5) is 18.6. The number of hydrogen-bond donors (Lipinski definition) is 3. The number of aromatic nitrogens is 2. The molecule has 0 spiro atoms. The van der Waals surface area contributed by atoms with Crippen LogP contribution in [0.25, 0.3) is 0 Å². The quantitative estimate of drug-likeness (QED) is 0.562. The zero-order valence-electron chi connectivity index (χ0n) is 11.5. The summed E-state index contributed by atoms with van der Waals surface area (Å²) in [7, 11) is 0. The summed E-state index contributed by atoms with van der Waals surface area (Å²) in [5.41, 5.74) is 0.823. The van der Waals surface area contributed by atoms with Crippen molar-refractivity contribution in [1.82, 2.24) is 9.97 Å². The van der Waals surface area contributed by atoms with Crippen LogP contribution in [0.5, 0.6) is 0 Å². The van der Waals surface area contributed by atoms with E-state index in [-0.39, 0.29) is 18.2 Å². The van der Waals surface area contributed by atoms with Crippen LogP contribution in [0.4, 0.5) is 5.82 Å². The number of halogens is 1. The number of aromatic amines is 1. The first-order valence-corrected chi connectivity index (χ1v) is 7.79. The highest BCUT2D eigenvalue weighted by Crippen LogP contribution is 2.21. The molecule has 21 heavy (non-hydrogen) atoms. The third-order valence-corrected chi connectivity index (χ3v) is 3.83. The molecule has 3 N–H and O–H groups in total. The highest BCUT2D eigenvalue weighted by atomic mass is 35.5. The van der Waals surface area contributed by atoms with Gasteiger partial charge in [-0.2, -0.15) is 0 Å². The van der Waals surface area contributed by atoms with Gasteiger partial charge in [0.25, 0.3) is 5.56 Å². The van der Waals surface area contributed by atoms with Crippen molar-refractivity contribution in [1.29, 1.82) is 0 Å². The summed E-state index contributed by atoms with van der Waals surface area (Å²) >= 11 is 7.35. The van der Waals surface area contributed by atoms with Gasteiger partial charge in [0.05, 0.1) is 6.61 Å². The van der Waals surface area contributed by atoms with Crippen LogP contribution < -0.4 is 10.9 Å². The van der Waals surface area contributed by atoms with Gasteiger partial charge in [-0.05, 0) is 24.6 Å². The van der Waals surface area contributed by atoms with Gasteiger partial charge in [0.2, 0.25) is 0 Å². The van der Waals surface area contributed by atoms with Gasteiger partial charge in [-0.25, -0.2) is 4.98 Å². The fraction of sp³-hybridized carbons (Fsp3) is 0.286. The van der Waals surface area contributed by atoms with Crippen molar-refractivity contribution in [2.24, 2.45) is 0 Å². The maximum Gasteiger partial charge on any atom is 0.253 e. The fourth-order valence-electron chi connectivity index (χ4n) is 1.65. The van der Waals surface area contributed by atoms with E-state index in [9.17, 15) is 4.79 Å². The fourth-order valence-corrected chi connectivity index (χ4v) is 2.69. The SMILES string of the molecule is C[C@H](CO)Nc1cc(=O)[nH]c(SCc2cccc(Cl)c2)n1. The minimum Gasteiger partial charge on any atom is -0.394 e. The number of nitrogens with one attached hydrogen (secondary N) is 2. The van der Waals surface area contributed by atoms with Gasteiger partial charge in [-0.1, -0.05) is 35.5 Å². The third kappa shape index (κ3) is 5.08. The van der Waals surface area contributed by atoms with Crippen molar-refractivity contribution in [3.63, 3.8) is 0 Å². The highest BCUT2D eigenvalue weighted by Gasteiger charge is 2.06. The van der Waals surface area contributed by atoms with Gasteiger partial charge in [-0.3, -0.25) is 4.79 Å². The van der Waals surface area contributed by atoms with E-state index in [1.54, 1.807) is 0 Å². The van der Waals surface area contributed by atoms with Crippen molar-refractivity contribution in [2.45, 2.75) is 23.9 Å². The van der Waals surface area contributed by atoms with Gasteiger partial charge < -0.3 is 15.4 Å². The number of anilines is 1. The Morgan fingerprint density at radius 1 is 1.48 bits per heavy atom. The van der Waals surface area contributed by atoms with Crippen molar-refractivity contribution in [2.75, 3.05) is 11.9 Å². The molecule has 0 saturated heterocycles. The molecule has 2 aromatic rings. The number of benzene rings is 1. The Morgan fingerprint density at radius 2 is 2.29 bits per heavy atom. The number of aliphatic hydroxyl groups excluding tert-OH is 1. The molecule has 1 atom stereocenters. The molecule has 1 aromatic heterocycles. The molecule has 0 unspecified atom stereocenters. The summed E-state index contributed by atoms with van der Waals surface area (Å²) in [5, 5.41) is 13.2. The Labute approximate surface area is 131 Å². The first-order valence-electron chi connectivity index (χ1n) is 6.43. The molecular formula is C14H16ClN3O2S. The summed E-state index contributed by atoms with van der Waals surface area (Å²) < 4.78 is 0. The van der Waals surface area contributed by atoms with E-state index in [4.69, 9.17) is 16.7 Å². The van der Waals surface area contributed by atoms with Crippen LogP contribution in [0.3, 0.4) is 0 Å². The number of thioether (sulfide) groups is 1. The monoisotopic (exact) mass is 325 g/mol. The van der Waals surface area contributed by atoms with E-state index in [0.717, 1.165) is 5.56 Å². The number of hydrogen-bond acceptors (Lipinski definition) is 5. The molecule has 1 aromatic carbocycles. The standard InChI is InChI=1S/C14H16ClN3O2S/c1-9(7-19)16-12-6-13(20)18-14(17-12)21-8-10-3-2-4-11(15)5-10/h2-6,9,19H,7-8H2,1H3,(H2,16,17,18,20)/t9-/m1/s1. The molecule has 0 aliphatic rings. The topological polar surface area (TPSA) is 78.0 Å². The summed E-state index contributed by atoms with van der Waals surface area (Å²) in [5.74, 6) is 1.11. The third-order valence-electron chi connectivity index (χ3n) is 2.65. The van der Waals surface area contributed by atoms with Crippen LogP contribution in [-0.2, 0) is 5.75 Å². The van der Waals surface area contributed by atoms with Crippen molar-refractivity contribution in [3.8, 4) is 0 Å². The van der Waals surface area contributed by atoms with Crippen LogP contribution in [-0.4, -0.2) is 27.7 Å². The Kier molecular flexibility index (Phi) is 5.67. The highest BCUT2D eigenvalue weighted by molar-refractivity contribution is 7.98. The zero-order valence-corrected chi connectivity index (χ0v) is 13.0. The van der Waals surface area contributed by atoms with E-state index in [2.05, 4.69) is 15.3 Å². The lowest BCUT2D eigenvalue weighted by Gasteiger charge is -2.11. The normalized spacial score (nSPS) is 12.1. The zero-order chi connectivity index (χ0) is 15.2. The molecule has 0 aliphatic heterocycles. The molecule has 0 radical (unpaired) electrons. The molecule has 112 valence electrons. The van der Waals surface area contributed by atoms with Gasteiger partial charge >= 0.3 is 0 Å². The van der Waals surface area contributed by atoms with Crippen LogP contribution in [0, 0.1) is 0 Å². The van der Waals surface area contributed by atoms with Gasteiger partial charge in [0.1, 0.15) is 5.82 Å². The first-order chi connectivity index (χ1) is 10.1. The lowest BCUT2D eigenvalue weighted by Crippen LogP contribution is -2.22. The van der Waals surface area contributed by atoms with Crippen molar-refractivity contribution >= 4 is 29.2 Å². The Morgan fingerprint density at radius 3 is 3.00 bits per heavy atom. The van der Waals surface area contributed by atoms with Crippen LogP contribution in [0.2, 0.25) is 5.02 Å². The van der Waals surface area contributed by atoms with E-state index in [1.807, 2.05) is 31.2 Å². The number of aliphatic hydroxyl groups is 1. The maximum absolute atomic E-state index is 11.6. The molecule has 0 amide bonds. The molecule has 0 bridgehead atoms. The van der Waals surface area contributed by atoms with Crippen LogP contribution in [0.15, 0.2) is 40.3 Å². The summed E-state index contributed by atoms with van der Waals surface area (Å²) in [6, 6.07) is 8.75. The first kappa shape index (κ1) is 15.9. The van der Waals surface area contributed by atoms with Gasteiger partial charge in [0.15, 0.2) is 5.16 Å². The lowest BCUT2D eigenvalue weighted by molar-refractivity contribution is 0.281. The Bertz CT molecular complexity index is 663. The maximum atomic E-state index is 11.6. The van der Waals surface area contributed by atoms with E-state index < -0.39 is 0 Å². The minimum atomic E-state index is -0.230. The van der Waals surface area contributed by atoms with Crippen LogP contribution >= 0.6 is 23.4 Å². The summed E-state index contributed by atoms with van der Waals surface area (Å²) in [6.07, 6.45) is 0. The van der Waals surface area contributed by atoms with E-state index >= 15 is 0 Å². The van der Waals surface area contributed by atoms with E-state index in [0.29, 0.717) is 21.7 Å². The minimum absolute atomic E-state index is 0.0283. The number of rotatable bonds is 6. The second kappa shape index (κ2) is 7.49.